The first-order chi connectivity index (χ1) is 8.06. The predicted octanol–water partition coefficient (Wildman–Crippen LogP) is 3.48. The second-order valence-electron chi connectivity index (χ2n) is 3.72. The van der Waals surface area contributed by atoms with Crippen LogP contribution in [0.1, 0.15) is 11.3 Å². The van der Waals surface area contributed by atoms with E-state index in [1.807, 2.05) is 32.0 Å². The second kappa shape index (κ2) is 4.94. The highest BCUT2D eigenvalue weighted by Crippen LogP contribution is 2.32. The van der Waals surface area contributed by atoms with Crippen LogP contribution in [0.15, 0.2) is 34.4 Å². The van der Waals surface area contributed by atoms with Gasteiger partial charge >= 0.3 is 0 Å². The number of hydrogen-bond acceptors (Lipinski definition) is 4. The molecule has 0 radical (unpaired) electrons. The highest BCUT2D eigenvalue weighted by molar-refractivity contribution is 7.99. The summed E-state index contributed by atoms with van der Waals surface area (Å²) < 4.78 is 0. The summed E-state index contributed by atoms with van der Waals surface area (Å²) in [6, 6.07) is 5.58. The first-order valence-electron chi connectivity index (χ1n) is 5.09. The summed E-state index contributed by atoms with van der Waals surface area (Å²) in [6.07, 6.45) is 1.75. The van der Waals surface area contributed by atoms with Gasteiger partial charge in [0.1, 0.15) is 0 Å². The van der Waals surface area contributed by atoms with Crippen molar-refractivity contribution >= 4 is 29.1 Å². The number of anilines is 1. The molecule has 5 heteroatoms. The summed E-state index contributed by atoms with van der Waals surface area (Å²) >= 11 is 7.49. The molecule has 17 heavy (non-hydrogen) atoms. The first kappa shape index (κ1) is 12.2. The zero-order valence-corrected chi connectivity index (χ0v) is 11.1. The van der Waals surface area contributed by atoms with Crippen LogP contribution in [-0.2, 0) is 0 Å². The lowest BCUT2D eigenvalue weighted by atomic mass is 10.2. The Bertz CT molecular complexity index is 557. The highest BCUT2D eigenvalue weighted by Gasteiger charge is 2.07. The summed E-state index contributed by atoms with van der Waals surface area (Å²) in [4.78, 5) is 9.57. The maximum atomic E-state index is 6.00. The van der Waals surface area contributed by atoms with E-state index in [4.69, 9.17) is 17.3 Å². The zero-order chi connectivity index (χ0) is 12.4. The van der Waals surface area contributed by atoms with Crippen molar-refractivity contribution in [2.24, 2.45) is 0 Å². The van der Waals surface area contributed by atoms with Crippen LogP contribution in [0, 0.1) is 13.8 Å². The molecule has 0 fully saturated rings. The number of nitrogens with two attached hydrogens (primary N) is 1. The van der Waals surface area contributed by atoms with Crippen LogP contribution in [-0.4, -0.2) is 9.97 Å². The number of benzene rings is 1. The molecular weight excluding hydrogens is 254 g/mol. The minimum absolute atomic E-state index is 0.561. The molecule has 2 N–H and O–H groups in total. The molecule has 0 atom stereocenters. The van der Waals surface area contributed by atoms with Crippen LogP contribution in [0.5, 0.6) is 0 Å². The van der Waals surface area contributed by atoms with Gasteiger partial charge in [-0.15, -0.1) is 0 Å². The Morgan fingerprint density at radius 2 is 2.06 bits per heavy atom. The number of nitrogen functional groups attached to an aromatic ring is 1. The molecular formula is C12H12ClN3S. The fourth-order valence-electron chi connectivity index (χ4n) is 1.37. The molecule has 0 unspecified atom stereocenters. The van der Waals surface area contributed by atoms with Gasteiger partial charge in [0, 0.05) is 16.8 Å². The predicted molar refractivity (Wildman–Crippen MR) is 71.5 cm³/mol. The van der Waals surface area contributed by atoms with Crippen LogP contribution >= 0.6 is 23.4 Å². The van der Waals surface area contributed by atoms with Crippen molar-refractivity contribution < 1.29 is 0 Å². The van der Waals surface area contributed by atoms with E-state index in [1.54, 1.807) is 6.20 Å². The monoisotopic (exact) mass is 265 g/mol. The number of aromatic nitrogens is 2. The number of aryl methyl sites for hydroxylation is 2. The molecule has 2 aromatic rings. The van der Waals surface area contributed by atoms with Gasteiger partial charge in [-0.05, 0) is 49.4 Å². The third kappa shape index (κ3) is 2.90. The smallest absolute Gasteiger partial charge is 0.192 e. The summed E-state index contributed by atoms with van der Waals surface area (Å²) in [6.45, 7) is 3.93. The highest BCUT2D eigenvalue weighted by atomic mass is 35.5. The number of nitrogens with zero attached hydrogens (tertiary/aromatic N) is 2. The quantitative estimate of drug-likeness (QED) is 0.667. The average Bonchev–Trinajstić information content (AvgIpc) is 2.26. The summed E-state index contributed by atoms with van der Waals surface area (Å²) in [5.41, 5.74) is 8.35. The largest absolute Gasteiger partial charge is 0.398 e. The Labute approximate surface area is 109 Å². The maximum Gasteiger partial charge on any atom is 0.192 e. The van der Waals surface area contributed by atoms with Gasteiger partial charge in [0.15, 0.2) is 5.16 Å². The average molecular weight is 266 g/mol. The lowest BCUT2D eigenvalue weighted by Gasteiger charge is -2.07. The molecule has 0 aliphatic carbocycles. The standard InChI is InChI=1S/C12H12ClN3S/c1-7-5-10(14)9(13)6-11(7)17-12-15-4-3-8(2)16-12/h3-6H,14H2,1-2H3. The van der Waals surface area contributed by atoms with Gasteiger partial charge in [0.2, 0.25) is 0 Å². The van der Waals surface area contributed by atoms with Crippen molar-refractivity contribution in [2.45, 2.75) is 23.9 Å². The van der Waals surface area contributed by atoms with Crippen molar-refractivity contribution in [3.63, 3.8) is 0 Å². The Morgan fingerprint density at radius 3 is 2.76 bits per heavy atom. The fraction of sp³-hybridized carbons (Fsp3) is 0.167. The first-order valence-corrected chi connectivity index (χ1v) is 6.29. The minimum atomic E-state index is 0.561. The van der Waals surface area contributed by atoms with Crippen molar-refractivity contribution in [3.05, 3.63) is 40.7 Å². The van der Waals surface area contributed by atoms with Crippen LogP contribution in [0.4, 0.5) is 5.69 Å². The van der Waals surface area contributed by atoms with Crippen LogP contribution in [0.25, 0.3) is 0 Å². The van der Waals surface area contributed by atoms with Gasteiger partial charge in [0.25, 0.3) is 0 Å². The Balaban J connectivity index is 2.33. The zero-order valence-electron chi connectivity index (χ0n) is 9.57. The number of rotatable bonds is 2. The summed E-state index contributed by atoms with van der Waals surface area (Å²) in [7, 11) is 0. The van der Waals surface area contributed by atoms with E-state index >= 15 is 0 Å². The number of halogens is 1. The topological polar surface area (TPSA) is 51.8 Å². The third-order valence-corrected chi connectivity index (χ3v) is 3.63. The molecule has 0 aliphatic rings. The van der Waals surface area contributed by atoms with E-state index in [0.717, 1.165) is 16.2 Å². The van der Waals surface area contributed by atoms with Crippen molar-refractivity contribution in [3.8, 4) is 0 Å². The van der Waals surface area contributed by atoms with Crippen molar-refractivity contribution in [1.82, 2.24) is 9.97 Å². The van der Waals surface area contributed by atoms with E-state index in [2.05, 4.69) is 9.97 Å². The van der Waals surface area contributed by atoms with Crippen LogP contribution in [0.3, 0.4) is 0 Å². The summed E-state index contributed by atoms with van der Waals surface area (Å²) in [5, 5.41) is 1.28. The Hall–Kier alpha value is -1.26. The van der Waals surface area contributed by atoms with Crippen molar-refractivity contribution in [1.29, 1.82) is 0 Å². The molecule has 1 aromatic heterocycles. The maximum absolute atomic E-state index is 6.00. The van der Waals surface area contributed by atoms with E-state index in [9.17, 15) is 0 Å². The van der Waals surface area contributed by atoms with Gasteiger partial charge < -0.3 is 5.73 Å². The molecule has 0 amide bonds. The fourth-order valence-corrected chi connectivity index (χ4v) is 2.49. The van der Waals surface area contributed by atoms with Gasteiger partial charge in [-0.1, -0.05) is 11.6 Å². The number of hydrogen-bond donors (Lipinski definition) is 1. The molecule has 0 spiro atoms. The molecule has 2 rings (SSSR count). The molecule has 0 aliphatic heterocycles. The van der Waals surface area contributed by atoms with Gasteiger partial charge in [-0.3, -0.25) is 0 Å². The molecule has 88 valence electrons. The Kier molecular flexibility index (Phi) is 3.54. The van der Waals surface area contributed by atoms with E-state index in [1.165, 1.54) is 11.8 Å². The molecule has 1 aromatic carbocycles. The molecule has 0 bridgehead atoms. The van der Waals surface area contributed by atoms with Gasteiger partial charge in [-0.25, -0.2) is 9.97 Å². The van der Waals surface area contributed by atoms with Crippen LogP contribution < -0.4 is 5.73 Å². The van der Waals surface area contributed by atoms with E-state index in [0.29, 0.717) is 15.9 Å². The van der Waals surface area contributed by atoms with E-state index in [-0.39, 0.29) is 0 Å². The normalized spacial score (nSPS) is 10.5. The lowest BCUT2D eigenvalue weighted by molar-refractivity contribution is 0.931. The molecule has 3 nitrogen and oxygen atoms in total. The molecule has 1 heterocycles. The summed E-state index contributed by atoms with van der Waals surface area (Å²) in [5.74, 6) is 0. The van der Waals surface area contributed by atoms with Crippen molar-refractivity contribution in [2.75, 3.05) is 5.73 Å². The molecule has 0 saturated carbocycles. The van der Waals surface area contributed by atoms with Crippen LogP contribution in [0.2, 0.25) is 5.02 Å². The Morgan fingerprint density at radius 1 is 1.29 bits per heavy atom. The SMILES string of the molecule is Cc1ccnc(Sc2cc(Cl)c(N)cc2C)n1. The van der Waals surface area contributed by atoms with Gasteiger partial charge in [-0.2, -0.15) is 0 Å². The second-order valence-corrected chi connectivity index (χ2v) is 5.14. The molecule has 0 saturated heterocycles. The third-order valence-electron chi connectivity index (χ3n) is 2.27. The lowest BCUT2D eigenvalue weighted by Crippen LogP contribution is -1.92. The van der Waals surface area contributed by atoms with Gasteiger partial charge in [0.05, 0.1) is 10.7 Å². The van der Waals surface area contributed by atoms with E-state index < -0.39 is 0 Å². The minimum Gasteiger partial charge on any atom is -0.398 e.